The summed E-state index contributed by atoms with van der Waals surface area (Å²) in [4.78, 5) is 21.4. The van der Waals surface area contributed by atoms with Crippen LogP contribution in [0.2, 0.25) is 0 Å². The predicted molar refractivity (Wildman–Crippen MR) is 127 cm³/mol. The fourth-order valence-corrected chi connectivity index (χ4v) is 4.12. The van der Waals surface area contributed by atoms with E-state index in [0.29, 0.717) is 19.0 Å². The van der Waals surface area contributed by atoms with E-state index in [1.54, 1.807) is 6.20 Å². The van der Waals surface area contributed by atoms with E-state index in [4.69, 9.17) is 4.42 Å². The highest BCUT2D eigenvalue weighted by Crippen LogP contribution is 2.25. The van der Waals surface area contributed by atoms with Crippen LogP contribution in [0.25, 0.3) is 22.5 Å². The third-order valence-electron chi connectivity index (χ3n) is 5.94. The number of aryl methyl sites for hydroxylation is 1. The maximum atomic E-state index is 13.0. The van der Waals surface area contributed by atoms with Crippen molar-refractivity contribution in [1.29, 1.82) is 0 Å². The number of benzene rings is 3. The maximum absolute atomic E-state index is 13.0. The molecule has 0 saturated carbocycles. The quantitative estimate of drug-likeness (QED) is 0.448. The average Bonchev–Trinajstić information content (AvgIpc) is 3.31. The summed E-state index contributed by atoms with van der Waals surface area (Å²) in [7, 11) is 0. The zero-order valence-electron chi connectivity index (χ0n) is 18.1. The molecule has 2 heterocycles. The Morgan fingerprint density at radius 2 is 1.41 bits per heavy atom. The largest absolute Gasteiger partial charge is 0.441 e. The monoisotopic (exact) mass is 423 g/mol. The third kappa shape index (κ3) is 4.14. The van der Waals surface area contributed by atoms with Gasteiger partial charge in [0, 0.05) is 49.9 Å². The van der Waals surface area contributed by atoms with Crippen LogP contribution in [0.15, 0.2) is 89.5 Å². The fourth-order valence-electron chi connectivity index (χ4n) is 4.12. The molecule has 160 valence electrons. The van der Waals surface area contributed by atoms with Gasteiger partial charge in [-0.1, -0.05) is 42.5 Å². The van der Waals surface area contributed by atoms with Crippen LogP contribution in [0.3, 0.4) is 0 Å². The Kier molecular flexibility index (Phi) is 5.46. The van der Waals surface area contributed by atoms with Crippen LogP contribution in [0, 0.1) is 6.92 Å². The summed E-state index contributed by atoms with van der Waals surface area (Å²) in [5.74, 6) is 1.54. The Hall–Kier alpha value is -3.86. The third-order valence-corrected chi connectivity index (χ3v) is 5.94. The molecule has 32 heavy (non-hydrogen) atoms. The smallest absolute Gasteiger partial charge is 0.253 e. The number of nitrogens with zero attached hydrogens (tertiary/aromatic N) is 3. The van der Waals surface area contributed by atoms with Gasteiger partial charge in [-0.15, -0.1) is 0 Å². The molecule has 5 rings (SSSR count). The molecule has 5 heteroatoms. The van der Waals surface area contributed by atoms with Crippen molar-refractivity contribution in [3.05, 3.63) is 96.5 Å². The van der Waals surface area contributed by atoms with Crippen LogP contribution in [0.5, 0.6) is 0 Å². The van der Waals surface area contributed by atoms with Crippen molar-refractivity contribution < 1.29 is 9.21 Å². The molecule has 3 aromatic carbocycles. The number of amides is 1. The lowest BCUT2D eigenvalue weighted by atomic mass is 10.0. The van der Waals surface area contributed by atoms with Gasteiger partial charge in [-0.25, -0.2) is 4.98 Å². The van der Waals surface area contributed by atoms with Crippen molar-refractivity contribution in [3.8, 4) is 22.5 Å². The van der Waals surface area contributed by atoms with Crippen molar-refractivity contribution in [3.63, 3.8) is 0 Å². The minimum atomic E-state index is 0.0975. The number of carbonyl (C=O) groups is 1. The summed E-state index contributed by atoms with van der Waals surface area (Å²) in [5.41, 5.74) is 5.19. The number of hydrogen-bond acceptors (Lipinski definition) is 4. The molecule has 1 fully saturated rings. The van der Waals surface area contributed by atoms with Crippen LogP contribution in [-0.4, -0.2) is 42.0 Å². The molecular formula is C27H25N3O2. The summed E-state index contributed by atoms with van der Waals surface area (Å²) >= 11 is 0. The molecule has 0 atom stereocenters. The standard InChI is InChI=1S/C27H25N3O2/c1-20-28-19-26(32-20)23-11-13-25(14-12-23)29-15-17-30(18-16-29)27(31)24-9-7-22(8-10-24)21-5-3-2-4-6-21/h2-14,19H,15-18H2,1H3. The Morgan fingerprint density at radius 3 is 2.03 bits per heavy atom. The topological polar surface area (TPSA) is 49.6 Å². The molecule has 1 aliphatic rings. The second-order valence-electron chi connectivity index (χ2n) is 8.01. The summed E-state index contributed by atoms with van der Waals surface area (Å²) in [6.45, 7) is 4.89. The molecule has 0 bridgehead atoms. The van der Waals surface area contributed by atoms with Crippen molar-refractivity contribution in [2.24, 2.45) is 0 Å². The molecule has 5 nitrogen and oxygen atoms in total. The molecule has 0 unspecified atom stereocenters. The molecule has 0 spiro atoms. The highest BCUT2D eigenvalue weighted by Gasteiger charge is 2.22. The van der Waals surface area contributed by atoms with E-state index in [-0.39, 0.29) is 5.91 Å². The predicted octanol–water partition coefficient (Wildman–Crippen LogP) is 5.28. The Balaban J connectivity index is 1.20. The molecular weight excluding hydrogens is 398 g/mol. The summed E-state index contributed by atoms with van der Waals surface area (Å²) < 4.78 is 5.60. The minimum Gasteiger partial charge on any atom is -0.441 e. The van der Waals surface area contributed by atoms with Gasteiger partial charge >= 0.3 is 0 Å². The van der Waals surface area contributed by atoms with E-state index in [2.05, 4.69) is 46.3 Å². The first-order chi connectivity index (χ1) is 15.7. The number of carbonyl (C=O) groups excluding carboxylic acids is 1. The van der Waals surface area contributed by atoms with Gasteiger partial charge in [-0.05, 0) is 47.5 Å². The first-order valence-corrected chi connectivity index (χ1v) is 10.9. The SMILES string of the molecule is Cc1ncc(-c2ccc(N3CCN(C(=O)c4ccc(-c5ccccc5)cc4)CC3)cc2)o1. The molecule has 4 aromatic rings. The zero-order chi connectivity index (χ0) is 21.9. The average molecular weight is 424 g/mol. The van der Waals surface area contributed by atoms with Gasteiger partial charge < -0.3 is 14.2 Å². The van der Waals surface area contributed by atoms with E-state index in [0.717, 1.165) is 46.8 Å². The van der Waals surface area contributed by atoms with Crippen LogP contribution < -0.4 is 4.90 Å². The van der Waals surface area contributed by atoms with E-state index in [1.165, 1.54) is 0 Å². The number of piperazine rings is 1. The van der Waals surface area contributed by atoms with Gasteiger partial charge in [0.1, 0.15) is 0 Å². The lowest BCUT2D eigenvalue weighted by Gasteiger charge is -2.36. The first-order valence-electron chi connectivity index (χ1n) is 10.9. The fraction of sp³-hybridized carbons (Fsp3) is 0.185. The van der Waals surface area contributed by atoms with Crippen LogP contribution in [0.1, 0.15) is 16.2 Å². The van der Waals surface area contributed by atoms with Crippen LogP contribution in [-0.2, 0) is 0 Å². The number of oxazole rings is 1. The summed E-state index contributed by atoms with van der Waals surface area (Å²) in [6.07, 6.45) is 1.75. The van der Waals surface area contributed by atoms with Crippen molar-refractivity contribution >= 4 is 11.6 Å². The molecule has 0 radical (unpaired) electrons. The molecule has 0 aliphatic carbocycles. The number of hydrogen-bond donors (Lipinski definition) is 0. The van der Waals surface area contributed by atoms with Gasteiger partial charge in [0.15, 0.2) is 11.7 Å². The second kappa shape index (κ2) is 8.71. The normalized spacial score (nSPS) is 13.9. The number of anilines is 1. The lowest BCUT2D eigenvalue weighted by molar-refractivity contribution is 0.0747. The van der Waals surface area contributed by atoms with E-state index >= 15 is 0 Å². The molecule has 1 saturated heterocycles. The minimum absolute atomic E-state index is 0.0975. The summed E-state index contributed by atoms with van der Waals surface area (Å²) in [5, 5.41) is 0. The number of rotatable bonds is 4. The van der Waals surface area contributed by atoms with Crippen molar-refractivity contribution in [2.75, 3.05) is 31.1 Å². The Bertz CT molecular complexity index is 1190. The van der Waals surface area contributed by atoms with Crippen molar-refractivity contribution in [2.45, 2.75) is 6.92 Å². The molecule has 1 amide bonds. The molecule has 0 N–H and O–H groups in total. The van der Waals surface area contributed by atoms with Crippen molar-refractivity contribution in [1.82, 2.24) is 9.88 Å². The van der Waals surface area contributed by atoms with Gasteiger partial charge in [-0.2, -0.15) is 0 Å². The lowest BCUT2D eigenvalue weighted by Crippen LogP contribution is -2.48. The van der Waals surface area contributed by atoms with Gasteiger partial charge in [0.2, 0.25) is 0 Å². The Morgan fingerprint density at radius 1 is 0.781 bits per heavy atom. The number of aromatic nitrogens is 1. The summed E-state index contributed by atoms with van der Waals surface area (Å²) in [6, 6.07) is 26.4. The van der Waals surface area contributed by atoms with Gasteiger partial charge in [-0.3, -0.25) is 4.79 Å². The highest BCUT2D eigenvalue weighted by molar-refractivity contribution is 5.95. The van der Waals surface area contributed by atoms with Crippen LogP contribution in [0.4, 0.5) is 5.69 Å². The van der Waals surface area contributed by atoms with Gasteiger partial charge in [0.25, 0.3) is 5.91 Å². The van der Waals surface area contributed by atoms with E-state index in [9.17, 15) is 4.79 Å². The van der Waals surface area contributed by atoms with Crippen LogP contribution >= 0.6 is 0 Å². The molecule has 1 aliphatic heterocycles. The highest BCUT2D eigenvalue weighted by atomic mass is 16.4. The van der Waals surface area contributed by atoms with Gasteiger partial charge in [0.05, 0.1) is 6.20 Å². The van der Waals surface area contributed by atoms with E-state index in [1.807, 2.05) is 54.3 Å². The second-order valence-corrected chi connectivity index (χ2v) is 8.01. The maximum Gasteiger partial charge on any atom is 0.253 e. The zero-order valence-corrected chi connectivity index (χ0v) is 18.1. The van der Waals surface area contributed by atoms with E-state index < -0.39 is 0 Å². The molecule has 1 aromatic heterocycles. The Labute approximate surface area is 187 Å². The first kappa shape index (κ1) is 20.1.